The lowest BCUT2D eigenvalue weighted by Crippen LogP contribution is -2.29. The van der Waals surface area contributed by atoms with Gasteiger partial charge < -0.3 is 10.1 Å². The molecule has 0 fully saturated rings. The Balaban J connectivity index is 3.76. The van der Waals surface area contributed by atoms with Crippen molar-refractivity contribution in [2.24, 2.45) is 17.8 Å². The maximum atomic E-state index is 11.5. The Kier molecular flexibility index (Phi) is 8.63. The number of ether oxygens (including phenoxy) is 1. The van der Waals surface area contributed by atoms with Gasteiger partial charge in [0.15, 0.2) is 0 Å². The van der Waals surface area contributed by atoms with Gasteiger partial charge in [0.05, 0.1) is 6.54 Å². The summed E-state index contributed by atoms with van der Waals surface area (Å²) in [7, 11) is 0. The molecule has 0 bridgehead atoms. The van der Waals surface area contributed by atoms with E-state index in [-0.39, 0.29) is 12.5 Å². The lowest BCUT2D eigenvalue weighted by molar-refractivity contribution is -0.159. The van der Waals surface area contributed by atoms with Crippen molar-refractivity contribution in [1.82, 2.24) is 5.32 Å². The third-order valence-corrected chi connectivity index (χ3v) is 2.44. The van der Waals surface area contributed by atoms with E-state index in [1.165, 1.54) is 0 Å². The summed E-state index contributed by atoms with van der Waals surface area (Å²) in [5.41, 5.74) is 0. The van der Waals surface area contributed by atoms with E-state index in [1.807, 2.05) is 6.92 Å². The van der Waals surface area contributed by atoms with Crippen molar-refractivity contribution in [3.05, 3.63) is 0 Å². The highest BCUT2D eigenvalue weighted by molar-refractivity contribution is 5.86. The zero-order chi connectivity index (χ0) is 14.1. The molecule has 1 atom stereocenters. The van der Waals surface area contributed by atoms with Crippen LogP contribution in [0.4, 0.5) is 0 Å². The Morgan fingerprint density at radius 2 is 1.61 bits per heavy atom. The second kappa shape index (κ2) is 9.09. The SMILES string of the molecule is CC(C)CNCC(=O)OC(=O)CC(C)CC(C)C. The van der Waals surface area contributed by atoms with E-state index < -0.39 is 11.9 Å². The van der Waals surface area contributed by atoms with E-state index in [0.29, 0.717) is 18.3 Å². The quantitative estimate of drug-likeness (QED) is 0.536. The van der Waals surface area contributed by atoms with Crippen LogP contribution in [-0.4, -0.2) is 25.0 Å². The minimum absolute atomic E-state index is 0.0997. The Morgan fingerprint density at radius 3 is 2.11 bits per heavy atom. The van der Waals surface area contributed by atoms with Gasteiger partial charge in [-0.05, 0) is 30.7 Å². The molecule has 0 aromatic heterocycles. The highest BCUT2D eigenvalue weighted by Gasteiger charge is 2.15. The lowest BCUT2D eigenvalue weighted by Gasteiger charge is -2.12. The number of rotatable bonds is 8. The molecule has 0 amide bonds. The summed E-state index contributed by atoms with van der Waals surface area (Å²) >= 11 is 0. The summed E-state index contributed by atoms with van der Waals surface area (Å²) in [4.78, 5) is 22.8. The largest absolute Gasteiger partial charge is 0.392 e. The van der Waals surface area contributed by atoms with Gasteiger partial charge >= 0.3 is 11.9 Å². The molecular weight excluding hydrogens is 230 g/mol. The minimum atomic E-state index is -0.489. The van der Waals surface area contributed by atoms with Gasteiger partial charge in [-0.1, -0.05) is 34.6 Å². The van der Waals surface area contributed by atoms with Crippen molar-refractivity contribution in [3.8, 4) is 0 Å². The molecule has 0 heterocycles. The van der Waals surface area contributed by atoms with Gasteiger partial charge in [-0.15, -0.1) is 0 Å². The highest BCUT2D eigenvalue weighted by Crippen LogP contribution is 2.14. The molecule has 0 aliphatic carbocycles. The van der Waals surface area contributed by atoms with Crippen LogP contribution in [0.2, 0.25) is 0 Å². The Bertz CT molecular complexity index is 262. The fourth-order valence-electron chi connectivity index (χ4n) is 1.84. The second-order valence-corrected chi connectivity index (χ2v) is 5.81. The normalized spacial score (nSPS) is 12.8. The fourth-order valence-corrected chi connectivity index (χ4v) is 1.84. The van der Waals surface area contributed by atoms with Crippen LogP contribution in [0.1, 0.15) is 47.5 Å². The van der Waals surface area contributed by atoms with Gasteiger partial charge in [0.2, 0.25) is 0 Å². The molecular formula is C14H27NO3. The molecule has 0 radical (unpaired) electrons. The van der Waals surface area contributed by atoms with E-state index in [0.717, 1.165) is 13.0 Å². The minimum Gasteiger partial charge on any atom is -0.392 e. The molecule has 0 saturated heterocycles. The topological polar surface area (TPSA) is 55.4 Å². The third kappa shape index (κ3) is 10.3. The van der Waals surface area contributed by atoms with Gasteiger partial charge in [-0.3, -0.25) is 9.59 Å². The molecule has 1 N–H and O–H groups in total. The average Bonchev–Trinajstić information content (AvgIpc) is 2.14. The molecule has 18 heavy (non-hydrogen) atoms. The van der Waals surface area contributed by atoms with Gasteiger partial charge in [0.25, 0.3) is 0 Å². The Morgan fingerprint density at radius 1 is 1.00 bits per heavy atom. The third-order valence-electron chi connectivity index (χ3n) is 2.44. The molecule has 0 aliphatic heterocycles. The molecule has 0 aromatic rings. The summed E-state index contributed by atoms with van der Waals surface area (Å²) in [6, 6.07) is 0. The lowest BCUT2D eigenvalue weighted by atomic mass is 9.96. The van der Waals surface area contributed by atoms with Gasteiger partial charge in [0, 0.05) is 6.42 Å². The predicted octanol–water partition coefficient (Wildman–Crippen LogP) is 2.37. The standard InChI is InChI=1S/C14H27NO3/c1-10(2)6-12(5)7-13(16)18-14(17)9-15-8-11(3)4/h10-12,15H,6-9H2,1-5H3. The fraction of sp³-hybridized carbons (Fsp3) is 0.857. The summed E-state index contributed by atoms with van der Waals surface area (Å²) in [5.74, 6) is 0.376. The molecule has 4 heteroatoms. The van der Waals surface area contributed by atoms with E-state index in [1.54, 1.807) is 0 Å². The molecule has 0 aromatic carbocycles. The maximum Gasteiger partial charge on any atom is 0.327 e. The van der Waals surface area contributed by atoms with E-state index in [9.17, 15) is 9.59 Å². The summed E-state index contributed by atoms with van der Waals surface area (Å²) in [6.07, 6.45) is 1.28. The van der Waals surface area contributed by atoms with Crippen LogP contribution in [0.5, 0.6) is 0 Å². The van der Waals surface area contributed by atoms with E-state index in [2.05, 4.69) is 33.0 Å². The monoisotopic (exact) mass is 257 g/mol. The van der Waals surface area contributed by atoms with Crippen LogP contribution in [0.15, 0.2) is 0 Å². The second-order valence-electron chi connectivity index (χ2n) is 5.81. The average molecular weight is 257 g/mol. The number of carbonyl (C=O) groups is 2. The first-order chi connectivity index (χ1) is 8.31. The van der Waals surface area contributed by atoms with E-state index in [4.69, 9.17) is 4.74 Å². The number of hydrogen-bond donors (Lipinski definition) is 1. The zero-order valence-electron chi connectivity index (χ0n) is 12.3. The maximum absolute atomic E-state index is 11.5. The number of nitrogens with one attached hydrogen (secondary N) is 1. The number of esters is 2. The first-order valence-corrected chi connectivity index (χ1v) is 6.75. The van der Waals surface area contributed by atoms with Crippen molar-refractivity contribution in [2.45, 2.75) is 47.5 Å². The molecule has 0 spiro atoms. The summed E-state index contributed by atoms with van der Waals surface area (Å²) in [5, 5.41) is 2.95. The smallest absolute Gasteiger partial charge is 0.327 e. The first kappa shape index (κ1) is 17.1. The summed E-state index contributed by atoms with van der Waals surface area (Å²) in [6.45, 7) is 11.2. The number of hydrogen-bond acceptors (Lipinski definition) is 4. The van der Waals surface area contributed by atoms with Crippen molar-refractivity contribution in [2.75, 3.05) is 13.1 Å². The van der Waals surface area contributed by atoms with E-state index >= 15 is 0 Å². The van der Waals surface area contributed by atoms with Gasteiger partial charge in [0.1, 0.15) is 0 Å². The van der Waals surface area contributed by atoms with Crippen LogP contribution >= 0.6 is 0 Å². The van der Waals surface area contributed by atoms with Crippen molar-refractivity contribution >= 4 is 11.9 Å². The van der Waals surface area contributed by atoms with Gasteiger partial charge in [-0.25, -0.2) is 0 Å². The zero-order valence-corrected chi connectivity index (χ0v) is 12.3. The van der Waals surface area contributed by atoms with Crippen molar-refractivity contribution in [3.63, 3.8) is 0 Å². The molecule has 0 aliphatic rings. The van der Waals surface area contributed by atoms with Crippen LogP contribution in [0, 0.1) is 17.8 Å². The van der Waals surface area contributed by atoms with Crippen LogP contribution in [0.25, 0.3) is 0 Å². The molecule has 4 nitrogen and oxygen atoms in total. The molecule has 0 rings (SSSR count). The number of carbonyl (C=O) groups excluding carboxylic acids is 2. The highest BCUT2D eigenvalue weighted by atomic mass is 16.6. The molecule has 1 unspecified atom stereocenters. The van der Waals surface area contributed by atoms with Gasteiger partial charge in [-0.2, -0.15) is 0 Å². The van der Waals surface area contributed by atoms with Crippen LogP contribution in [-0.2, 0) is 14.3 Å². The molecule has 106 valence electrons. The van der Waals surface area contributed by atoms with Crippen LogP contribution in [0.3, 0.4) is 0 Å². The molecule has 0 saturated carbocycles. The Labute approximate surface area is 110 Å². The van der Waals surface area contributed by atoms with Crippen molar-refractivity contribution < 1.29 is 14.3 Å². The first-order valence-electron chi connectivity index (χ1n) is 6.75. The predicted molar refractivity (Wildman–Crippen MR) is 72.0 cm³/mol. The summed E-state index contributed by atoms with van der Waals surface area (Å²) < 4.78 is 4.74. The Hall–Kier alpha value is -0.900. The van der Waals surface area contributed by atoms with Crippen LogP contribution < -0.4 is 5.32 Å². The van der Waals surface area contributed by atoms with Crippen molar-refractivity contribution in [1.29, 1.82) is 0 Å².